The molecule has 1 saturated heterocycles. The number of aliphatic carboxylic acids is 1. The van der Waals surface area contributed by atoms with Gasteiger partial charge in [0, 0.05) is 10.2 Å². The Bertz CT molecular complexity index is 483. The van der Waals surface area contributed by atoms with Crippen LogP contribution in [-0.2, 0) is 4.79 Å². The Morgan fingerprint density at radius 2 is 2.17 bits per heavy atom. The summed E-state index contributed by atoms with van der Waals surface area (Å²) in [7, 11) is 0. The number of anilines is 1. The maximum atomic E-state index is 12.0. The molecule has 0 unspecified atom stereocenters. The number of carboxylic acid groups (broad SMARTS) is 1. The monoisotopic (exact) mass is 330 g/mol. The molecule has 2 rings (SSSR count). The molecule has 1 atom stereocenters. The van der Waals surface area contributed by atoms with Crippen molar-refractivity contribution in [1.82, 2.24) is 4.90 Å². The molecule has 0 radical (unpaired) electrons. The molecule has 1 heterocycles. The molecule has 1 aromatic carbocycles. The van der Waals surface area contributed by atoms with Crippen molar-refractivity contribution in [3.63, 3.8) is 0 Å². The fourth-order valence-corrected chi connectivity index (χ4v) is 3.13. The zero-order valence-corrected chi connectivity index (χ0v) is 11.7. The number of carbonyl (C=O) groups is 2. The zero-order valence-electron chi connectivity index (χ0n) is 9.30. The van der Waals surface area contributed by atoms with Crippen LogP contribution in [0.1, 0.15) is 0 Å². The number of nitrogens with one attached hydrogen (secondary N) is 1. The number of hydrogen-bond acceptors (Lipinski definition) is 3. The molecule has 0 saturated carbocycles. The lowest BCUT2D eigenvalue weighted by molar-refractivity contribution is -0.140. The van der Waals surface area contributed by atoms with E-state index in [1.165, 1.54) is 16.7 Å². The highest BCUT2D eigenvalue weighted by molar-refractivity contribution is 9.10. The number of carbonyl (C=O) groups excluding carboxylic acids is 1. The van der Waals surface area contributed by atoms with E-state index in [0.29, 0.717) is 17.3 Å². The molecular weight excluding hydrogens is 320 g/mol. The smallest absolute Gasteiger partial charge is 0.327 e. The summed E-state index contributed by atoms with van der Waals surface area (Å²) in [5.41, 5.74) is 0.628. The minimum absolute atomic E-state index is 0.390. The molecule has 1 aliphatic rings. The van der Waals surface area contributed by atoms with E-state index >= 15 is 0 Å². The largest absolute Gasteiger partial charge is 0.480 e. The Balaban J connectivity index is 2.08. The van der Waals surface area contributed by atoms with Crippen LogP contribution in [0.4, 0.5) is 10.5 Å². The Labute approximate surface area is 117 Å². The van der Waals surface area contributed by atoms with E-state index in [2.05, 4.69) is 21.2 Å². The molecule has 5 nitrogen and oxygen atoms in total. The number of nitrogens with zero attached hydrogens (tertiary/aromatic N) is 1. The van der Waals surface area contributed by atoms with Crippen LogP contribution in [0.25, 0.3) is 0 Å². The normalized spacial score (nSPS) is 18.7. The first kappa shape index (κ1) is 13.2. The van der Waals surface area contributed by atoms with E-state index < -0.39 is 12.0 Å². The van der Waals surface area contributed by atoms with Gasteiger partial charge in [-0.2, -0.15) is 0 Å². The van der Waals surface area contributed by atoms with Crippen LogP contribution in [-0.4, -0.2) is 39.7 Å². The lowest BCUT2D eigenvalue weighted by Crippen LogP contribution is -2.44. The van der Waals surface area contributed by atoms with Crippen LogP contribution < -0.4 is 5.32 Å². The Morgan fingerprint density at radius 1 is 1.44 bits per heavy atom. The molecule has 0 aliphatic carbocycles. The number of para-hydroxylation sites is 1. The highest BCUT2D eigenvalue weighted by atomic mass is 79.9. The van der Waals surface area contributed by atoms with Crippen LogP contribution in [0.2, 0.25) is 0 Å². The lowest BCUT2D eigenvalue weighted by Gasteiger charge is -2.21. The number of rotatable bonds is 2. The zero-order chi connectivity index (χ0) is 13.1. The highest BCUT2D eigenvalue weighted by Gasteiger charge is 2.34. The predicted octanol–water partition coefficient (Wildman–Crippen LogP) is 2.44. The van der Waals surface area contributed by atoms with Gasteiger partial charge in [0.25, 0.3) is 0 Å². The summed E-state index contributed by atoms with van der Waals surface area (Å²) in [6, 6.07) is 6.06. The summed E-state index contributed by atoms with van der Waals surface area (Å²) in [5.74, 6) is -0.145. The van der Waals surface area contributed by atoms with E-state index in [1.54, 1.807) is 12.1 Å². The Morgan fingerprint density at radius 3 is 2.83 bits per heavy atom. The lowest BCUT2D eigenvalue weighted by atomic mass is 10.3. The first-order valence-electron chi connectivity index (χ1n) is 5.22. The summed E-state index contributed by atoms with van der Waals surface area (Å²) in [5, 5.41) is 11.7. The van der Waals surface area contributed by atoms with Crippen molar-refractivity contribution >= 4 is 45.4 Å². The fourth-order valence-electron chi connectivity index (χ4n) is 1.60. The summed E-state index contributed by atoms with van der Waals surface area (Å²) in [4.78, 5) is 24.3. The van der Waals surface area contributed by atoms with Crippen LogP contribution in [0.3, 0.4) is 0 Å². The molecule has 1 aromatic rings. The predicted molar refractivity (Wildman–Crippen MR) is 73.7 cm³/mol. The molecule has 2 N–H and O–H groups in total. The number of thioether (sulfide) groups is 1. The molecule has 2 amide bonds. The number of amides is 2. The van der Waals surface area contributed by atoms with E-state index in [-0.39, 0.29) is 6.03 Å². The highest BCUT2D eigenvalue weighted by Crippen LogP contribution is 2.25. The van der Waals surface area contributed by atoms with Crippen molar-refractivity contribution in [2.75, 3.05) is 16.9 Å². The maximum Gasteiger partial charge on any atom is 0.327 e. The van der Waals surface area contributed by atoms with Crippen molar-refractivity contribution in [1.29, 1.82) is 0 Å². The van der Waals surface area contributed by atoms with Crippen molar-refractivity contribution in [3.05, 3.63) is 28.7 Å². The third-order valence-corrected chi connectivity index (χ3v) is 4.25. The van der Waals surface area contributed by atoms with Gasteiger partial charge in [-0.05, 0) is 28.1 Å². The second-order valence-electron chi connectivity index (χ2n) is 3.73. The van der Waals surface area contributed by atoms with Crippen molar-refractivity contribution in [2.24, 2.45) is 0 Å². The minimum Gasteiger partial charge on any atom is -0.480 e. The molecule has 96 valence electrons. The first-order chi connectivity index (χ1) is 8.59. The Hall–Kier alpha value is -1.21. The van der Waals surface area contributed by atoms with Gasteiger partial charge in [-0.1, -0.05) is 12.1 Å². The van der Waals surface area contributed by atoms with Crippen molar-refractivity contribution in [2.45, 2.75) is 6.04 Å². The number of halogens is 1. The topological polar surface area (TPSA) is 69.6 Å². The van der Waals surface area contributed by atoms with Gasteiger partial charge >= 0.3 is 12.0 Å². The fraction of sp³-hybridized carbons (Fsp3) is 0.273. The van der Waals surface area contributed by atoms with Gasteiger partial charge in [-0.25, -0.2) is 9.59 Å². The second kappa shape index (κ2) is 5.62. The molecule has 7 heteroatoms. The molecule has 1 aliphatic heterocycles. The van der Waals surface area contributed by atoms with Crippen LogP contribution in [0.5, 0.6) is 0 Å². The van der Waals surface area contributed by atoms with E-state index in [0.717, 1.165) is 4.47 Å². The molecule has 0 spiro atoms. The van der Waals surface area contributed by atoms with E-state index in [1.807, 2.05) is 12.1 Å². The van der Waals surface area contributed by atoms with Crippen molar-refractivity contribution in [3.8, 4) is 0 Å². The molecule has 18 heavy (non-hydrogen) atoms. The molecule has 0 aromatic heterocycles. The van der Waals surface area contributed by atoms with Gasteiger partial charge < -0.3 is 15.3 Å². The first-order valence-corrected chi connectivity index (χ1v) is 7.17. The number of benzene rings is 1. The van der Waals surface area contributed by atoms with E-state index in [9.17, 15) is 9.59 Å². The van der Waals surface area contributed by atoms with Crippen LogP contribution in [0, 0.1) is 0 Å². The third kappa shape index (κ3) is 2.78. The van der Waals surface area contributed by atoms with Crippen molar-refractivity contribution < 1.29 is 14.7 Å². The average Bonchev–Trinajstić information content (AvgIpc) is 2.81. The number of hydrogen-bond donors (Lipinski definition) is 2. The average molecular weight is 331 g/mol. The minimum atomic E-state index is -0.970. The SMILES string of the molecule is O=C(O)[C@@H]1CSCN1C(=O)Nc1ccccc1Br. The van der Waals surface area contributed by atoms with Gasteiger partial charge in [0.05, 0.1) is 11.6 Å². The van der Waals surface area contributed by atoms with E-state index in [4.69, 9.17) is 5.11 Å². The standard InChI is InChI=1S/C11H11BrN2O3S/c12-7-3-1-2-4-8(7)13-11(17)14-6-18-5-9(14)10(15)16/h1-4,9H,5-6H2,(H,13,17)(H,15,16)/t9-/m0/s1. The summed E-state index contributed by atoms with van der Waals surface area (Å²) in [6.07, 6.45) is 0. The quantitative estimate of drug-likeness (QED) is 0.873. The Kier molecular flexibility index (Phi) is 4.13. The van der Waals surface area contributed by atoms with Crippen LogP contribution >= 0.6 is 27.7 Å². The maximum absolute atomic E-state index is 12.0. The number of carboxylic acids is 1. The second-order valence-corrected chi connectivity index (χ2v) is 5.59. The van der Waals surface area contributed by atoms with Gasteiger partial charge in [0.2, 0.25) is 0 Å². The number of urea groups is 1. The summed E-state index contributed by atoms with van der Waals surface area (Å²) < 4.78 is 0.761. The van der Waals surface area contributed by atoms with Gasteiger partial charge in [-0.15, -0.1) is 11.8 Å². The molecule has 1 fully saturated rings. The molecular formula is C11H11BrN2O3S. The summed E-state index contributed by atoms with van der Waals surface area (Å²) >= 11 is 4.76. The van der Waals surface area contributed by atoms with Gasteiger partial charge in [0.15, 0.2) is 0 Å². The summed E-state index contributed by atoms with van der Waals surface area (Å²) in [6.45, 7) is 0. The molecule has 0 bridgehead atoms. The van der Waals surface area contributed by atoms with Crippen LogP contribution in [0.15, 0.2) is 28.7 Å². The van der Waals surface area contributed by atoms with Gasteiger partial charge in [-0.3, -0.25) is 0 Å². The third-order valence-electron chi connectivity index (χ3n) is 2.54. The van der Waals surface area contributed by atoms with Gasteiger partial charge in [0.1, 0.15) is 6.04 Å².